The second kappa shape index (κ2) is 6.91. The molecule has 2 aliphatic carbocycles. The zero-order valence-corrected chi connectivity index (χ0v) is 13.6. The van der Waals surface area contributed by atoms with Crippen LogP contribution in [-0.4, -0.2) is 6.18 Å². The standard InChI is InChI=1S/C18H31F3/c1-3-4-5-14-6-8-15(9-7-14)16-10-12-17(2,13-11-16)18(19,20)21/h14-16H,3-13H2,1-2H3. The number of hydrogen-bond acceptors (Lipinski definition) is 0. The number of alkyl halides is 3. The number of unbranched alkanes of at least 4 members (excludes halogenated alkanes) is 1. The van der Waals surface area contributed by atoms with E-state index in [0.717, 1.165) is 18.8 Å². The van der Waals surface area contributed by atoms with Gasteiger partial charge in [-0.2, -0.15) is 13.2 Å². The molecule has 2 rings (SSSR count). The van der Waals surface area contributed by atoms with Gasteiger partial charge < -0.3 is 0 Å². The Morgan fingerprint density at radius 1 is 0.905 bits per heavy atom. The second-order valence-electron chi connectivity index (χ2n) is 7.82. The predicted molar refractivity (Wildman–Crippen MR) is 81.1 cm³/mol. The molecule has 0 unspecified atom stereocenters. The summed E-state index contributed by atoms with van der Waals surface area (Å²) in [5.74, 6) is 2.17. The van der Waals surface area contributed by atoms with E-state index < -0.39 is 11.6 Å². The van der Waals surface area contributed by atoms with Crippen molar-refractivity contribution in [3.05, 3.63) is 0 Å². The van der Waals surface area contributed by atoms with E-state index >= 15 is 0 Å². The lowest BCUT2D eigenvalue weighted by molar-refractivity contribution is -0.231. The lowest BCUT2D eigenvalue weighted by Crippen LogP contribution is -2.40. The lowest BCUT2D eigenvalue weighted by atomic mass is 9.64. The maximum Gasteiger partial charge on any atom is 0.394 e. The van der Waals surface area contributed by atoms with E-state index in [1.807, 2.05) is 0 Å². The van der Waals surface area contributed by atoms with Crippen LogP contribution in [0.2, 0.25) is 0 Å². The van der Waals surface area contributed by atoms with Gasteiger partial charge in [0.2, 0.25) is 0 Å². The highest BCUT2D eigenvalue weighted by molar-refractivity contribution is 4.90. The molecule has 2 saturated carbocycles. The van der Waals surface area contributed by atoms with Gasteiger partial charge in [0.1, 0.15) is 0 Å². The summed E-state index contributed by atoms with van der Waals surface area (Å²) in [5, 5.41) is 0. The lowest BCUT2D eigenvalue weighted by Gasteiger charge is -2.42. The van der Waals surface area contributed by atoms with Crippen molar-refractivity contribution in [2.24, 2.45) is 23.2 Å². The Hall–Kier alpha value is -0.210. The molecule has 0 atom stereocenters. The maximum absolute atomic E-state index is 13.1. The molecule has 2 fully saturated rings. The van der Waals surface area contributed by atoms with Crippen LogP contribution in [-0.2, 0) is 0 Å². The zero-order valence-electron chi connectivity index (χ0n) is 13.6. The van der Waals surface area contributed by atoms with Crippen LogP contribution in [0.15, 0.2) is 0 Å². The summed E-state index contributed by atoms with van der Waals surface area (Å²) in [6, 6.07) is 0. The van der Waals surface area contributed by atoms with Gasteiger partial charge in [-0.3, -0.25) is 0 Å². The van der Waals surface area contributed by atoms with Gasteiger partial charge in [-0.25, -0.2) is 0 Å². The molecule has 0 aromatic carbocycles. The maximum atomic E-state index is 13.1. The van der Waals surface area contributed by atoms with Gasteiger partial charge in [0.05, 0.1) is 5.41 Å². The van der Waals surface area contributed by atoms with Crippen molar-refractivity contribution < 1.29 is 13.2 Å². The average Bonchev–Trinajstić information content (AvgIpc) is 2.45. The molecule has 0 saturated heterocycles. The Morgan fingerprint density at radius 2 is 1.43 bits per heavy atom. The predicted octanol–water partition coefficient (Wildman–Crippen LogP) is 6.74. The van der Waals surface area contributed by atoms with Crippen LogP contribution in [0.3, 0.4) is 0 Å². The zero-order chi connectivity index (χ0) is 15.5. The fourth-order valence-electron chi connectivity index (χ4n) is 4.47. The summed E-state index contributed by atoms with van der Waals surface area (Å²) in [6.45, 7) is 3.66. The monoisotopic (exact) mass is 304 g/mol. The third-order valence-electron chi connectivity index (χ3n) is 6.34. The average molecular weight is 304 g/mol. The van der Waals surface area contributed by atoms with E-state index in [1.165, 1.54) is 51.9 Å². The van der Waals surface area contributed by atoms with Crippen molar-refractivity contribution in [3.8, 4) is 0 Å². The molecule has 0 aliphatic heterocycles. The van der Waals surface area contributed by atoms with Crippen LogP contribution in [0, 0.1) is 23.2 Å². The first-order chi connectivity index (χ1) is 9.86. The highest BCUT2D eigenvalue weighted by atomic mass is 19.4. The Bertz CT molecular complexity index is 305. The molecule has 21 heavy (non-hydrogen) atoms. The van der Waals surface area contributed by atoms with E-state index in [2.05, 4.69) is 6.92 Å². The van der Waals surface area contributed by atoms with Gasteiger partial charge >= 0.3 is 6.18 Å². The van der Waals surface area contributed by atoms with Crippen LogP contribution in [0.1, 0.15) is 84.5 Å². The van der Waals surface area contributed by atoms with Crippen LogP contribution < -0.4 is 0 Å². The minimum atomic E-state index is -4.02. The minimum Gasteiger partial charge on any atom is -0.171 e. The minimum absolute atomic E-state index is 0.344. The molecule has 0 aromatic rings. The summed E-state index contributed by atoms with van der Waals surface area (Å²) < 4.78 is 39.2. The highest BCUT2D eigenvalue weighted by Gasteiger charge is 2.52. The smallest absolute Gasteiger partial charge is 0.171 e. The molecule has 0 radical (unpaired) electrons. The Balaban J connectivity index is 1.77. The molecule has 124 valence electrons. The van der Waals surface area contributed by atoms with E-state index in [-0.39, 0.29) is 0 Å². The van der Waals surface area contributed by atoms with Gasteiger partial charge in [-0.1, -0.05) is 46.0 Å². The Labute approximate surface area is 127 Å². The molecule has 0 bridgehead atoms. The first-order valence-electron chi connectivity index (χ1n) is 8.92. The van der Waals surface area contributed by atoms with Gasteiger partial charge in [-0.15, -0.1) is 0 Å². The van der Waals surface area contributed by atoms with E-state index in [9.17, 15) is 13.2 Å². The molecule has 0 nitrogen and oxygen atoms in total. The SMILES string of the molecule is CCCCC1CCC(C2CCC(C)(C(F)(F)F)CC2)CC1. The summed E-state index contributed by atoms with van der Waals surface area (Å²) in [7, 11) is 0. The third kappa shape index (κ3) is 4.16. The van der Waals surface area contributed by atoms with E-state index in [0.29, 0.717) is 24.7 Å². The van der Waals surface area contributed by atoms with E-state index in [1.54, 1.807) is 0 Å². The fraction of sp³-hybridized carbons (Fsp3) is 1.00. The molecular weight excluding hydrogens is 273 g/mol. The third-order valence-corrected chi connectivity index (χ3v) is 6.34. The summed E-state index contributed by atoms with van der Waals surface area (Å²) in [6.07, 6.45) is 7.39. The summed E-state index contributed by atoms with van der Waals surface area (Å²) in [4.78, 5) is 0. The van der Waals surface area contributed by atoms with Gasteiger partial charge in [-0.05, 0) is 56.3 Å². The summed E-state index contributed by atoms with van der Waals surface area (Å²) in [5.41, 5.74) is -1.41. The van der Waals surface area contributed by atoms with Crippen molar-refractivity contribution >= 4 is 0 Å². The van der Waals surface area contributed by atoms with Crippen molar-refractivity contribution in [3.63, 3.8) is 0 Å². The van der Waals surface area contributed by atoms with Gasteiger partial charge in [0.25, 0.3) is 0 Å². The second-order valence-corrected chi connectivity index (χ2v) is 7.82. The van der Waals surface area contributed by atoms with Crippen molar-refractivity contribution in [1.29, 1.82) is 0 Å². The molecule has 2 aliphatic rings. The number of halogens is 3. The van der Waals surface area contributed by atoms with Crippen LogP contribution >= 0.6 is 0 Å². The largest absolute Gasteiger partial charge is 0.394 e. The van der Waals surface area contributed by atoms with Gasteiger partial charge in [0.15, 0.2) is 0 Å². The fourth-order valence-corrected chi connectivity index (χ4v) is 4.47. The number of rotatable bonds is 4. The summed E-state index contributed by atoms with van der Waals surface area (Å²) >= 11 is 0. The molecule has 0 aromatic heterocycles. The molecule has 0 N–H and O–H groups in total. The van der Waals surface area contributed by atoms with E-state index in [4.69, 9.17) is 0 Å². The molecule has 0 heterocycles. The topological polar surface area (TPSA) is 0 Å². The quantitative estimate of drug-likeness (QED) is 0.539. The van der Waals surface area contributed by atoms with Crippen molar-refractivity contribution in [2.45, 2.75) is 90.7 Å². The van der Waals surface area contributed by atoms with Crippen molar-refractivity contribution in [1.82, 2.24) is 0 Å². The highest BCUT2D eigenvalue weighted by Crippen LogP contribution is 2.52. The van der Waals surface area contributed by atoms with Crippen molar-refractivity contribution in [2.75, 3.05) is 0 Å². The van der Waals surface area contributed by atoms with Crippen LogP contribution in [0.25, 0.3) is 0 Å². The molecule has 0 spiro atoms. The molecule has 0 amide bonds. The van der Waals surface area contributed by atoms with Crippen LogP contribution in [0.5, 0.6) is 0 Å². The molecular formula is C18H31F3. The normalized spacial score (nSPS) is 38.4. The first kappa shape index (κ1) is 17.1. The van der Waals surface area contributed by atoms with Crippen LogP contribution in [0.4, 0.5) is 13.2 Å². The Morgan fingerprint density at radius 3 is 1.90 bits per heavy atom. The molecule has 3 heteroatoms. The Kier molecular flexibility index (Phi) is 5.65. The first-order valence-corrected chi connectivity index (χ1v) is 8.92. The number of hydrogen-bond donors (Lipinski definition) is 0. The van der Waals surface area contributed by atoms with Gasteiger partial charge in [0, 0.05) is 0 Å².